The van der Waals surface area contributed by atoms with Crippen LogP contribution in [-0.4, -0.2) is 89.0 Å². The van der Waals surface area contributed by atoms with Crippen LogP contribution in [0.2, 0.25) is 0 Å². The van der Waals surface area contributed by atoms with Gasteiger partial charge >= 0.3 is 11.9 Å². The number of ether oxygens (including phenoxy) is 4. The minimum Gasteiger partial charge on any atom is -0.462 e. The van der Waals surface area contributed by atoms with Gasteiger partial charge in [0, 0.05) is 12.8 Å². The van der Waals surface area contributed by atoms with Gasteiger partial charge in [0.25, 0.3) is 0 Å². The topological polar surface area (TPSA) is 152 Å². The molecule has 1 heterocycles. The first-order valence-corrected chi connectivity index (χ1v) is 24.0. The number of aliphatic hydroxyl groups is 4. The highest BCUT2D eigenvalue weighted by Crippen LogP contribution is 2.22. The van der Waals surface area contributed by atoms with E-state index in [1.165, 1.54) is 89.9 Å². The molecule has 0 spiro atoms. The zero-order valence-electron chi connectivity index (χ0n) is 38.1. The molecule has 1 aliphatic heterocycles. The molecule has 1 aliphatic rings. The third kappa shape index (κ3) is 32.5. The summed E-state index contributed by atoms with van der Waals surface area (Å²) < 4.78 is 22.1. The maximum Gasteiger partial charge on any atom is 0.306 e. The van der Waals surface area contributed by atoms with Crippen LogP contribution in [0.25, 0.3) is 0 Å². The Bertz CT molecular complexity index is 1220. The van der Waals surface area contributed by atoms with Crippen LogP contribution in [0.5, 0.6) is 0 Å². The minimum atomic E-state index is -1.61. The van der Waals surface area contributed by atoms with E-state index in [1.807, 2.05) is 12.2 Å². The van der Waals surface area contributed by atoms with Crippen molar-refractivity contribution in [2.45, 2.75) is 218 Å². The molecule has 0 bridgehead atoms. The Kier molecular flexibility index (Phi) is 37.9. The van der Waals surface area contributed by atoms with Gasteiger partial charge in [-0.3, -0.25) is 9.59 Å². The number of aliphatic hydroxyl groups excluding tert-OH is 4. The first-order chi connectivity index (χ1) is 29.8. The van der Waals surface area contributed by atoms with Crippen LogP contribution in [0, 0.1) is 0 Å². The van der Waals surface area contributed by atoms with E-state index in [4.69, 9.17) is 18.9 Å². The SMILES string of the molecule is CC/C=C\C/C=C\C/C=C\C/C=C\C/C=C\C/C=C\CCC(=O)OC(COC(=O)CCCCCCCCCCCCCCCCCCC)COC1OC(CO)C(O)C(O)C1O. The van der Waals surface area contributed by atoms with Crippen molar-refractivity contribution in [2.24, 2.45) is 0 Å². The molecule has 4 N–H and O–H groups in total. The fraction of sp³-hybridized carbons (Fsp3) is 0.725. The zero-order chi connectivity index (χ0) is 44.4. The summed E-state index contributed by atoms with van der Waals surface area (Å²) in [5.74, 6) is -0.904. The maximum absolute atomic E-state index is 12.8. The number of allylic oxidation sites excluding steroid dienone is 12. The molecule has 0 saturated carbocycles. The van der Waals surface area contributed by atoms with E-state index >= 15 is 0 Å². The van der Waals surface area contributed by atoms with Gasteiger partial charge in [0.05, 0.1) is 13.2 Å². The largest absolute Gasteiger partial charge is 0.462 e. The van der Waals surface area contributed by atoms with E-state index in [0.717, 1.165) is 57.8 Å². The van der Waals surface area contributed by atoms with Crippen LogP contribution >= 0.6 is 0 Å². The van der Waals surface area contributed by atoms with Crippen molar-refractivity contribution in [2.75, 3.05) is 19.8 Å². The van der Waals surface area contributed by atoms with Gasteiger partial charge in [-0.25, -0.2) is 0 Å². The molecule has 10 nitrogen and oxygen atoms in total. The van der Waals surface area contributed by atoms with Crippen LogP contribution in [0.1, 0.15) is 181 Å². The molecule has 0 aromatic carbocycles. The van der Waals surface area contributed by atoms with Crippen molar-refractivity contribution in [3.05, 3.63) is 72.9 Å². The normalized spacial score (nSPS) is 20.4. The second-order valence-electron chi connectivity index (χ2n) is 16.2. The average Bonchev–Trinajstić information content (AvgIpc) is 3.26. The number of esters is 2. The van der Waals surface area contributed by atoms with E-state index in [0.29, 0.717) is 6.42 Å². The quantitative estimate of drug-likeness (QED) is 0.0267. The van der Waals surface area contributed by atoms with Gasteiger partial charge in [-0.05, 0) is 51.4 Å². The van der Waals surface area contributed by atoms with Gasteiger partial charge < -0.3 is 39.4 Å². The molecule has 0 aromatic rings. The number of carbonyl (C=O) groups excluding carboxylic acids is 2. The Hall–Kier alpha value is -2.86. The second kappa shape index (κ2) is 41.2. The number of rotatable bonds is 39. The molecule has 0 aliphatic carbocycles. The number of carbonyl (C=O) groups is 2. The summed E-state index contributed by atoms with van der Waals surface area (Å²) in [5, 5.41) is 40.1. The lowest BCUT2D eigenvalue weighted by Crippen LogP contribution is -2.59. The zero-order valence-corrected chi connectivity index (χ0v) is 38.1. The van der Waals surface area contributed by atoms with E-state index in [2.05, 4.69) is 74.6 Å². The second-order valence-corrected chi connectivity index (χ2v) is 16.2. The van der Waals surface area contributed by atoms with Crippen molar-refractivity contribution < 1.29 is 49.0 Å². The van der Waals surface area contributed by atoms with Crippen LogP contribution < -0.4 is 0 Å². The van der Waals surface area contributed by atoms with Gasteiger partial charge in [-0.1, -0.05) is 189 Å². The highest BCUT2D eigenvalue weighted by Gasteiger charge is 2.44. The monoisotopic (exact) mass is 859 g/mol. The molecule has 1 fully saturated rings. The van der Waals surface area contributed by atoms with Gasteiger partial charge in [-0.2, -0.15) is 0 Å². The Morgan fingerprint density at radius 3 is 1.43 bits per heavy atom. The minimum absolute atomic E-state index is 0.103. The molecule has 10 heteroatoms. The van der Waals surface area contributed by atoms with Crippen LogP contribution in [0.15, 0.2) is 72.9 Å². The molecule has 1 rings (SSSR count). The van der Waals surface area contributed by atoms with Crippen LogP contribution in [0.3, 0.4) is 0 Å². The summed E-state index contributed by atoms with van der Waals surface area (Å²) in [5.41, 5.74) is 0. The van der Waals surface area contributed by atoms with Crippen molar-refractivity contribution >= 4 is 11.9 Å². The molecule has 0 aromatic heterocycles. The van der Waals surface area contributed by atoms with Gasteiger partial charge in [-0.15, -0.1) is 0 Å². The highest BCUT2D eigenvalue weighted by molar-refractivity contribution is 5.70. The first-order valence-electron chi connectivity index (χ1n) is 24.0. The third-order valence-corrected chi connectivity index (χ3v) is 10.6. The number of hydrogen-bond donors (Lipinski definition) is 4. The Morgan fingerprint density at radius 2 is 0.967 bits per heavy atom. The third-order valence-electron chi connectivity index (χ3n) is 10.6. The number of unbranched alkanes of at least 4 members (excludes halogenated alkanes) is 16. The standard InChI is InChI=1S/C51H86O10/c1-3-5-7-9-11-13-15-17-19-21-22-24-26-28-30-32-34-36-38-40-47(54)60-44(43-59-51-50(57)49(56)48(55)45(41-52)61-51)42-58-46(53)39-37-35-33-31-29-27-25-23-20-18-16-14-12-10-8-6-4-2/h5,7,11,13,17,19,22,24,28,30,34,36,44-45,48-52,55-57H,3-4,6,8-10,12,14-16,18,20-21,23,25-27,29,31-33,35,37-43H2,1-2H3/b7-5-,13-11-,19-17-,24-22-,30-28-,36-34-. The lowest BCUT2D eigenvalue weighted by Gasteiger charge is -2.39. The van der Waals surface area contributed by atoms with Crippen molar-refractivity contribution in [3.63, 3.8) is 0 Å². The summed E-state index contributed by atoms with van der Waals surface area (Å²) >= 11 is 0. The number of hydrogen-bond acceptors (Lipinski definition) is 10. The van der Waals surface area contributed by atoms with E-state index in [1.54, 1.807) is 0 Å². The molecule has 0 radical (unpaired) electrons. The Morgan fingerprint density at radius 1 is 0.525 bits per heavy atom. The molecule has 0 amide bonds. The highest BCUT2D eigenvalue weighted by atomic mass is 16.7. The average molecular weight is 859 g/mol. The predicted molar refractivity (Wildman–Crippen MR) is 247 cm³/mol. The maximum atomic E-state index is 12.8. The smallest absolute Gasteiger partial charge is 0.306 e. The Labute approximate surface area is 370 Å². The molecule has 350 valence electrons. The summed E-state index contributed by atoms with van der Waals surface area (Å²) in [6, 6.07) is 0. The fourth-order valence-corrected chi connectivity index (χ4v) is 6.86. The molecular weight excluding hydrogens is 773 g/mol. The summed E-state index contributed by atoms with van der Waals surface area (Å²) in [4.78, 5) is 25.4. The molecule has 61 heavy (non-hydrogen) atoms. The van der Waals surface area contributed by atoms with Gasteiger partial charge in [0.1, 0.15) is 31.0 Å². The first kappa shape index (κ1) is 56.2. The molecular formula is C51H86O10. The molecule has 1 saturated heterocycles. The Balaban J connectivity index is 2.36. The fourth-order valence-electron chi connectivity index (χ4n) is 6.86. The molecule has 6 unspecified atom stereocenters. The van der Waals surface area contributed by atoms with Crippen molar-refractivity contribution in [1.82, 2.24) is 0 Å². The molecule has 6 atom stereocenters. The van der Waals surface area contributed by atoms with E-state index in [-0.39, 0.29) is 26.1 Å². The lowest BCUT2D eigenvalue weighted by molar-refractivity contribution is -0.305. The lowest BCUT2D eigenvalue weighted by atomic mass is 9.99. The van der Waals surface area contributed by atoms with E-state index < -0.39 is 55.4 Å². The van der Waals surface area contributed by atoms with Crippen molar-refractivity contribution in [1.29, 1.82) is 0 Å². The summed E-state index contributed by atoms with van der Waals surface area (Å²) in [6.07, 6.45) is 44.9. The predicted octanol–water partition coefficient (Wildman–Crippen LogP) is 10.8. The van der Waals surface area contributed by atoms with Crippen LogP contribution in [-0.2, 0) is 28.5 Å². The summed E-state index contributed by atoms with van der Waals surface area (Å²) in [6.45, 7) is 3.24. The van der Waals surface area contributed by atoms with Crippen LogP contribution in [0.4, 0.5) is 0 Å². The van der Waals surface area contributed by atoms with Gasteiger partial charge in [0.2, 0.25) is 0 Å². The van der Waals surface area contributed by atoms with Crippen molar-refractivity contribution in [3.8, 4) is 0 Å². The van der Waals surface area contributed by atoms with Gasteiger partial charge in [0.15, 0.2) is 12.4 Å². The van der Waals surface area contributed by atoms with E-state index in [9.17, 15) is 30.0 Å². The summed E-state index contributed by atoms with van der Waals surface area (Å²) in [7, 11) is 0.